The number of carbonyl (C=O) groups excluding carboxylic acids is 3. The second-order valence-electron chi connectivity index (χ2n) is 7.59. The number of amides is 4. The minimum absolute atomic E-state index is 0.0156. The Bertz CT molecular complexity index is 1250. The van der Waals surface area contributed by atoms with Crippen molar-refractivity contribution in [2.24, 2.45) is 5.10 Å². The third kappa shape index (κ3) is 5.73. The molecule has 4 rings (SSSR count). The summed E-state index contributed by atoms with van der Waals surface area (Å²) >= 11 is 0. The number of halogens is 1. The van der Waals surface area contributed by atoms with E-state index in [0.29, 0.717) is 11.3 Å². The molecule has 4 amide bonds. The molecule has 0 saturated carbocycles. The molecule has 1 aliphatic rings. The van der Waals surface area contributed by atoms with Crippen LogP contribution in [0, 0.1) is 5.82 Å². The van der Waals surface area contributed by atoms with Crippen molar-refractivity contribution in [1.29, 1.82) is 0 Å². The molecular weight excluding hydrogens is 441 g/mol. The fraction of sp³-hybridized carbons (Fsp3) is 0.167. The average molecular weight is 463 g/mol. The molecule has 1 fully saturated rings. The van der Waals surface area contributed by atoms with E-state index in [9.17, 15) is 18.8 Å². The van der Waals surface area contributed by atoms with Crippen LogP contribution >= 0.6 is 0 Å². The highest BCUT2D eigenvalue weighted by molar-refractivity contribution is 6.02. The zero-order valence-corrected chi connectivity index (χ0v) is 18.0. The largest absolute Gasteiger partial charge is 0.488 e. The number of imide groups is 1. The molecule has 1 heterocycles. The number of hydrogen-bond donors (Lipinski definition) is 4. The summed E-state index contributed by atoms with van der Waals surface area (Å²) < 4.78 is 19.1. The van der Waals surface area contributed by atoms with Gasteiger partial charge in [0.05, 0.1) is 6.21 Å². The molecule has 0 aliphatic carbocycles. The Morgan fingerprint density at radius 3 is 2.68 bits per heavy atom. The summed E-state index contributed by atoms with van der Waals surface area (Å²) in [6, 6.07) is 16.1. The molecule has 34 heavy (non-hydrogen) atoms. The lowest BCUT2D eigenvalue weighted by atomic mass is 10.0. The zero-order chi connectivity index (χ0) is 23.9. The fourth-order valence-corrected chi connectivity index (χ4v) is 3.43. The molecule has 10 heteroatoms. The van der Waals surface area contributed by atoms with E-state index in [0.717, 1.165) is 16.3 Å². The maximum Gasteiger partial charge on any atom is 0.335 e. The van der Waals surface area contributed by atoms with E-state index in [4.69, 9.17) is 4.74 Å². The van der Waals surface area contributed by atoms with Crippen molar-refractivity contribution in [2.45, 2.75) is 25.5 Å². The first kappa shape index (κ1) is 22.9. The van der Waals surface area contributed by atoms with Crippen molar-refractivity contribution in [1.82, 2.24) is 21.6 Å². The number of hydrogen-bond acceptors (Lipinski definition) is 6. The standard InChI is InChI=1S/C24H22FN5O4/c25-17-8-5-15(6-9-17)14-34-21-11-7-16-3-1-2-4-18(16)19(21)13-26-29-22(31)12-10-20-23(32)27-24(33)30-28-20/h1-9,11,13,20,28H,10,12,14H2,(H,29,31)(H2,27,30,32,33)/b26-13+. The van der Waals surface area contributed by atoms with Gasteiger partial charge in [-0.1, -0.05) is 42.5 Å². The summed E-state index contributed by atoms with van der Waals surface area (Å²) in [6.07, 6.45) is 1.70. The van der Waals surface area contributed by atoms with E-state index < -0.39 is 23.9 Å². The van der Waals surface area contributed by atoms with Gasteiger partial charge >= 0.3 is 6.03 Å². The highest BCUT2D eigenvalue weighted by atomic mass is 19.1. The van der Waals surface area contributed by atoms with Crippen molar-refractivity contribution in [3.8, 4) is 5.75 Å². The minimum atomic E-state index is -0.711. The predicted molar refractivity (Wildman–Crippen MR) is 123 cm³/mol. The van der Waals surface area contributed by atoms with E-state index >= 15 is 0 Å². The number of carbonyl (C=O) groups is 3. The summed E-state index contributed by atoms with van der Waals surface area (Å²) in [7, 11) is 0. The first-order chi connectivity index (χ1) is 16.5. The Kier molecular flexibility index (Phi) is 7.09. The van der Waals surface area contributed by atoms with Crippen LogP contribution in [0.25, 0.3) is 10.8 Å². The summed E-state index contributed by atoms with van der Waals surface area (Å²) in [4.78, 5) is 35.0. The molecule has 0 bridgehead atoms. The van der Waals surface area contributed by atoms with Gasteiger partial charge in [0, 0.05) is 12.0 Å². The van der Waals surface area contributed by atoms with Crippen molar-refractivity contribution in [2.75, 3.05) is 0 Å². The second-order valence-corrected chi connectivity index (χ2v) is 7.59. The summed E-state index contributed by atoms with van der Waals surface area (Å²) in [5.74, 6) is -0.655. The van der Waals surface area contributed by atoms with Crippen molar-refractivity contribution in [3.05, 3.63) is 77.6 Å². The van der Waals surface area contributed by atoms with Crippen LogP contribution in [0.1, 0.15) is 24.0 Å². The number of urea groups is 1. The number of rotatable bonds is 8. The van der Waals surface area contributed by atoms with Crippen molar-refractivity contribution < 1.29 is 23.5 Å². The molecule has 0 radical (unpaired) electrons. The lowest BCUT2D eigenvalue weighted by molar-refractivity contribution is -0.124. The quantitative estimate of drug-likeness (QED) is 0.302. The van der Waals surface area contributed by atoms with E-state index in [1.54, 1.807) is 12.1 Å². The van der Waals surface area contributed by atoms with Crippen LogP contribution in [0.2, 0.25) is 0 Å². The molecular formula is C24H22FN5O4. The number of benzene rings is 3. The SMILES string of the molecule is O=C(CCC1NNC(=O)NC1=O)N/N=C/c1c(OCc2ccc(F)cc2)ccc2ccccc12. The van der Waals surface area contributed by atoms with Crippen molar-refractivity contribution >= 4 is 34.8 Å². The maximum atomic E-state index is 13.2. The van der Waals surface area contributed by atoms with Gasteiger partial charge in [-0.3, -0.25) is 20.3 Å². The van der Waals surface area contributed by atoms with Crippen LogP contribution in [-0.4, -0.2) is 30.1 Å². The molecule has 4 N–H and O–H groups in total. The fourth-order valence-electron chi connectivity index (χ4n) is 3.43. The molecule has 1 aliphatic heterocycles. The third-order valence-electron chi connectivity index (χ3n) is 5.19. The van der Waals surface area contributed by atoms with Crippen LogP contribution in [-0.2, 0) is 16.2 Å². The van der Waals surface area contributed by atoms with E-state index in [2.05, 4.69) is 26.7 Å². The monoisotopic (exact) mass is 463 g/mol. The molecule has 174 valence electrons. The van der Waals surface area contributed by atoms with Gasteiger partial charge in [0.2, 0.25) is 11.8 Å². The number of nitrogens with zero attached hydrogens (tertiary/aromatic N) is 1. The Balaban J connectivity index is 1.42. The smallest absolute Gasteiger partial charge is 0.335 e. The Morgan fingerprint density at radius 1 is 1.09 bits per heavy atom. The van der Waals surface area contributed by atoms with Crippen LogP contribution in [0.4, 0.5) is 9.18 Å². The zero-order valence-electron chi connectivity index (χ0n) is 18.0. The average Bonchev–Trinajstić information content (AvgIpc) is 2.83. The highest BCUT2D eigenvalue weighted by Crippen LogP contribution is 2.27. The first-order valence-corrected chi connectivity index (χ1v) is 10.6. The van der Waals surface area contributed by atoms with E-state index in [1.807, 2.05) is 36.4 Å². The summed E-state index contributed by atoms with van der Waals surface area (Å²) in [5.41, 5.74) is 8.77. The van der Waals surface area contributed by atoms with Crippen molar-refractivity contribution in [3.63, 3.8) is 0 Å². The van der Waals surface area contributed by atoms with Crippen LogP contribution in [0.5, 0.6) is 5.75 Å². The molecule has 0 spiro atoms. The Hall–Kier alpha value is -4.31. The first-order valence-electron chi connectivity index (χ1n) is 10.6. The van der Waals surface area contributed by atoms with Crippen LogP contribution < -0.4 is 26.3 Å². The molecule has 3 aromatic rings. The lowest BCUT2D eigenvalue weighted by Gasteiger charge is -2.22. The van der Waals surface area contributed by atoms with Crippen LogP contribution in [0.3, 0.4) is 0 Å². The van der Waals surface area contributed by atoms with Gasteiger partial charge in [-0.15, -0.1) is 0 Å². The summed E-state index contributed by atoms with van der Waals surface area (Å²) in [6.45, 7) is 0.235. The van der Waals surface area contributed by atoms with Gasteiger partial charge in [-0.25, -0.2) is 20.0 Å². The van der Waals surface area contributed by atoms with Gasteiger partial charge in [0.1, 0.15) is 24.2 Å². The Labute approximate surface area is 194 Å². The van der Waals surface area contributed by atoms with Gasteiger partial charge in [-0.05, 0) is 41.0 Å². The normalized spacial score (nSPS) is 15.7. The molecule has 0 aromatic heterocycles. The number of hydrazine groups is 1. The maximum absolute atomic E-state index is 13.2. The molecule has 9 nitrogen and oxygen atoms in total. The highest BCUT2D eigenvalue weighted by Gasteiger charge is 2.25. The van der Waals surface area contributed by atoms with E-state index in [1.165, 1.54) is 18.3 Å². The minimum Gasteiger partial charge on any atom is -0.488 e. The number of ether oxygens (including phenoxy) is 1. The van der Waals surface area contributed by atoms with Gasteiger partial charge in [0.25, 0.3) is 0 Å². The molecule has 3 aromatic carbocycles. The number of fused-ring (bicyclic) bond motifs is 1. The number of hydrazone groups is 1. The topological polar surface area (TPSA) is 121 Å². The van der Waals surface area contributed by atoms with Gasteiger partial charge < -0.3 is 4.74 Å². The predicted octanol–water partition coefficient (Wildman–Crippen LogP) is 2.50. The van der Waals surface area contributed by atoms with Gasteiger partial charge in [0.15, 0.2) is 0 Å². The van der Waals surface area contributed by atoms with Crippen LogP contribution in [0.15, 0.2) is 65.8 Å². The number of nitrogens with one attached hydrogen (secondary N) is 4. The summed E-state index contributed by atoms with van der Waals surface area (Å²) in [5, 5.41) is 8.05. The molecule has 1 unspecified atom stereocenters. The third-order valence-corrected chi connectivity index (χ3v) is 5.19. The van der Waals surface area contributed by atoms with E-state index in [-0.39, 0.29) is 25.3 Å². The van der Waals surface area contributed by atoms with Gasteiger partial charge in [-0.2, -0.15) is 5.10 Å². The Morgan fingerprint density at radius 2 is 1.88 bits per heavy atom. The molecule has 1 saturated heterocycles. The lowest BCUT2D eigenvalue weighted by Crippen LogP contribution is -2.62. The second kappa shape index (κ2) is 10.5. The molecule has 1 atom stereocenters.